The number of anilines is 1. The molecule has 0 aliphatic rings. The first-order chi connectivity index (χ1) is 14.0. The van der Waals surface area contributed by atoms with Crippen LogP contribution < -0.4 is 10.1 Å². The fraction of sp³-hybridized carbons (Fsp3) is 0.143. The normalized spacial score (nSPS) is 12.0. The molecule has 0 saturated carbocycles. The number of hydrogen-bond acceptors (Lipinski definition) is 5. The van der Waals surface area contributed by atoms with Gasteiger partial charge in [-0.25, -0.2) is 0 Å². The molecule has 4 rings (SSSR count). The van der Waals surface area contributed by atoms with Gasteiger partial charge in [-0.1, -0.05) is 23.7 Å². The van der Waals surface area contributed by atoms with Gasteiger partial charge in [0, 0.05) is 16.3 Å². The number of aromatic nitrogens is 4. The molecular weight excluding hydrogens is 390 g/mol. The maximum atomic E-state index is 12.6. The summed E-state index contributed by atoms with van der Waals surface area (Å²) >= 11 is 6.03. The van der Waals surface area contributed by atoms with E-state index >= 15 is 0 Å². The van der Waals surface area contributed by atoms with Crippen molar-refractivity contribution < 1.29 is 9.53 Å². The number of nitrogens with zero attached hydrogens (tertiary/aromatic N) is 4. The van der Waals surface area contributed by atoms with Crippen molar-refractivity contribution in [1.82, 2.24) is 19.8 Å². The molecule has 0 aliphatic carbocycles. The zero-order valence-electron chi connectivity index (χ0n) is 15.8. The number of aryl methyl sites for hydroxylation is 1. The summed E-state index contributed by atoms with van der Waals surface area (Å²) in [6.45, 7) is 3.58. The molecule has 0 spiro atoms. The molecule has 1 atom stereocenters. The van der Waals surface area contributed by atoms with Crippen LogP contribution in [0, 0.1) is 6.92 Å². The smallest absolute Gasteiger partial charge is 0.265 e. The van der Waals surface area contributed by atoms with E-state index in [0.717, 1.165) is 16.8 Å². The molecule has 7 nitrogen and oxygen atoms in total. The van der Waals surface area contributed by atoms with Crippen LogP contribution in [0.3, 0.4) is 0 Å². The van der Waals surface area contributed by atoms with E-state index in [1.54, 1.807) is 36.0 Å². The number of halogens is 1. The van der Waals surface area contributed by atoms with E-state index in [1.807, 2.05) is 43.3 Å². The van der Waals surface area contributed by atoms with Gasteiger partial charge in [0.1, 0.15) is 12.1 Å². The lowest BCUT2D eigenvalue weighted by Gasteiger charge is -2.16. The Kier molecular flexibility index (Phi) is 5.14. The Bertz CT molecular complexity index is 1190. The van der Waals surface area contributed by atoms with Crippen molar-refractivity contribution in [2.45, 2.75) is 20.0 Å². The highest BCUT2D eigenvalue weighted by atomic mass is 35.5. The number of benzene rings is 2. The third kappa shape index (κ3) is 4.20. The van der Waals surface area contributed by atoms with Gasteiger partial charge in [-0.15, -0.1) is 10.2 Å². The molecule has 2 aromatic carbocycles. The molecule has 1 unspecified atom stereocenters. The van der Waals surface area contributed by atoms with Crippen LogP contribution in [-0.2, 0) is 4.79 Å². The Hall–Kier alpha value is -3.45. The van der Waals surface area contributed by atoms with Gasteiger partial charge in [0.15, 0.2) is 11.8 Å². The molecule has 1 N–H and O–H groups in total. The van der Waals surface area contributed by atoms with E-state index < -0.39 is 6.10 Å². The van der Waals surface area contributed by atoms with Gasteiger partial charge in [-0.3, -0.25) is 4.79 Å². The zero-order chi connectivity index (χ0) is 20.4. The molecule has 0 radical (unpaired) electrons. The van der Waals surface area contributed by atoms with E-state index in [2.05, 4.69) is 20.6 Å². The summed E-state index contributed by atoms with van der Waals surface area (Å²) in [5.74, 6) is 0.340. The maximum Gasteiger partial charge on any atom is 0.265 e. The van der Waals surface area contributed by atoms with Crippen molar-refractivity contribution in [1.29, 1.82) is 0 Å². The lowest BCUT2D eigenvalue weighted by Crippen LogP contribution is -2.30. The summed E-state index contributed by atoms with van der Waals surface area (Å²) < 4.78 is 7.34. The maximum absolute atomic E-state index is 12.6. The number of nitrogens with one attached hydrogen (secondary N) is 1. The fourth-order valence-corrected chi connectivity index (χ4v) is 2.95. The van der Waals surface area contributed by atoms with Crippen LogP contribution in [0.2, 0.25) is 5.02 Å². The molecule has 0 fully saturated rings. The van der Waals surface area contributed by atoms with Gasteiger partial charge in [-0.05, 0) is 61.9 Å². The van der Waals surface area contributed by atoms with E-state index in [4.69, 9.17) is 16.3 Å². The standard InChI is InChI=1S/C21H18ClN5O2/c1-13-10-17(6-7-18(13)22)29-14(2)21(28)24-16-5-3-4-15(11-16)19-8-9-20-25-23-12-27(20)26-19/h3-12,14H,1-2H3,(H,24,28). The number of rotatable bonds is 5. The SMILES string of the molecule is Cc1cc(OC(C)C(=O)Nc2cccc(-c3ccc4nncn4n3)c2)ccc1Cl. The van der Waals surface area contributed by atoms with Crippen LogP contribution in [0.5, 0.6) is 5.75 Å². The van der Waals surface area contributed by atoms with Crippen molar-refractivity contribution in [2.75, 3.05) is 5.32 Å². The first-order valence-corrected chi connectivity index (χ1v) is 9.38. The van der Waals surface area contributed by atoms with Gasteiger partial charge >= 0.3 is 0 Å². The second kappa shape index (κ2) is 7.89. The summed E-state index contributed by atoms with van der Waals surface area (Å²) in [7, 11) is 0. The molecule has 4 aromatic rings. The third-order valence-electron chi connectivity index (χ3n) is 4.40. The number of carbonyl (C=O) groups excluding carboxylic acids is 1. The summed E-state index contributed by atoms with van der Waals surface area (Å²) in [6.07, 6.45) is 0.868. The van der Waals surface area contributed by atoms with Crippen molar-refractivity contribution in [3.8, 4) is 17.0 Å². The number of hydrogen-bond donors (Lipinski definition) is 1. The van der Waals surface area contributed by atoms with Crippen LogP contribution in [0.1, 0.15) is 12.5 Å². The Balaban J connectivity index is 1.47. The molecule has 8 heteroatoms. The van der Waals surface area contributed by atoms with E-state index in [0.29, 0.717) is 22.1 Å². The van der Waals surface area contributed by atoms with Crippen LogP contribution in [0.4, 0.5) is 5.69 Å². The number of fused-ring (bicyclic) bond motifs is 1. The van der Waals surface area contributed by atoms with Crippen molar-refractivity contribution >= 4 is 28.8 Å². The fourth-order valence-electron chi connectivity index (χ4n) is 2.83. The Labute approximate surface area is 172 Å². The average molecular weight is 408 g/mol. The van der Waals surface area contributed by atoms with Gasteiger partial charge < -0.3 is 10.1 Å². The first kappa shape index (κ1) is 18.9. The average Bonchev–Trinajstić information content (AvgIpc) is 3.19. The number of amides is 1. The van der Waals surface area contributed by atoms with Gasteiger partial charge in [0.2, 0.25) is 0 Å². The molecule has 2 aromatic heterocycles. The first-order valence-electron chi connectivity index (χ1n) is 9.01. The molecule has 0 saturated heterocycles. The molecule has 0 aliphatic heterocycles. The quantitative estimate of drug-likeness (QED) is 0.537. The van der Waals surface area contributed by atoms with Crippen LogP contribution in [0.15, 0.2) is 60.9 Å². The summed E-state index contributed by atoms with van der Waals surface area (Å²) in [5, 5.41) is 15.8. The van der Waals surface area contributed by atoms with Crippen LogP contribution >= 0.6 is 11.6 Å². The number of carbonyl (C=O) groups is 1. The molecular formula is C21H18ClN5O2. The molecule has 2 heterocycles. The monoisotopic (exact) mass is 407 g/mol. The van der Waals surface area contributed by atoms with Gasteiger partial charge in [0.05, 0.1) is 5.69 Å². The Morgan fingerprint density at radius 1 is 1.17 bits per heavy atom. The minimum atomic E-state index is -0.675. The summed E-state index contributed by atoms with van der Waals surface area (Å²) in [5.41, 5.74) is 3.82. The highest BCUT2D eigenvalue weighted by Gasteiger charge is 2.16. The predicted octanol–water partition coefficient (Wildman–Crippen LogP) is 4.16. The van der Waals surface area contributed by atoms with Crippen molar-refractivity contribution in [2.24, 2.45) is 0 Å². The van der Waals surface area contributed by atoms with Crippen molar-refractivity contribution in [3.05, 3.63) is 71.5 Å². The van der Waals surface area contributed by atoms with Crippen LogP contribution in [0.25, 0.3) is 16.9 Å². The molecule has 0 bridgehead atoms. The summed E-state index contributed by atoms with van der Waals surface area (Å²) in [4.78, 5) is 12.6. The van der Waals surface area contributed by atoms with Gasteiger partial charge in [0.25, 0.3) is 5.91 Å². The van der Waals surface area contributed by atoms with E-state index in [9.17, 15) is 4.79 Å². The van der Waals surface area contributed by atoms with Crippen molar-refractivity contribution in [3.63, 3.8) is 0 Å². The Morgan fingerprint density at radius 2 is 2.03 bits per heavy atom. The van der Waals surface area contributed by atoms with E-state index in [-0.39, 0.29) is 5.91 Å². The number of ether oxygens (including phenoxy) is 1. The Morgan fingerprint density at radius 3 is 2.86 bits per heavy atom. The van der Waals surface area contributed by atoms with Gasteiger partial charge in [-0.2, -0.15) is 9.61 Å². The highest BCUT2D eigenvalue weighted by molar-refractivity contribution is 6.31. The van der Waals surface area contributed by atoms with Crippen LogP contribution in [-0.4, -0.2) is 31.8 Å². The molecule has 1 amide bonds. The highest BCUT2D eigenvalue weighted by Crippen LogP contribution is 2.23. The lowest BCUT2D eigenvalue weighted by molar-refractivity contribution is -0.122. The lowest BCUT2D eigenvalue weighted by atomic mass is 10.1. The second-order valence-corrected chi connectivity index (χ2v) is 7.00. The molecule has 146 valence electrons. The minimum Gasteiger partial charge on any atom is -0.481 e. The summed E-state index contributed by atoms with van der Waals surface area (Å²) in [6, 6.07) is 16.4. The molecule has 29 heavy (non-hydrogen) atoms. The zero-order valence-corrected chi connectivity index (χ0v) is 16.6. The second-order valence-electron chi connectivity index (χ2n) is 6.59. The topological polar surface area (TPSA) is 81.4 Å². The third-order valence-corrected chi connectivity index (χ3v) is 4.82. The minimum absolute atomic E-state index is 0.253. The predicted molar refractivity (Wildman–Crippen MR) is 111 cm³/mol. The largest absolute Gasteiger partial charge is 0.481 e. The van der Waals surface area contributed by atoms with E-state index in [1.165, 1.54) is 0 Å².